The molecule has 1 aromatic heterocycles. The summed E-state index contributed by atoms with van der Waals surface area (Å²) in [6, 6.07) is 1.37. The number of piperazine rings is 1. The second kappa shape index (κ2) is 7.72. The lowest BCUT2D eigenvalue weighted by Crippen LogP contribution is -2.53. The highest BCUT2D eigenvalue weighted by atomic mass is 35.5. The van der Waals surface area contributed by atoms with Crippen molar-refractivity contribution in [2.45, 2.75) is 32.2 Å². The quantitative estimate of drug-likeness (QED) is 0.737. The van der Waals surface area contributed by atoms with Crippen LogP contribution in [0.25, 0.3) is 0 Å². The van der Waals surface area contributed by atoms with Gasteiger partial charge in [-0.15, -0.1) is 0 Å². The number of anilines is 1. The standard InChI is InChI=1S/C18H24ClN5O3/c1-3-18(16(26)21-17(27)22-18)9-12(2)15(25)24-6-4-23(5-7-24)14-8-13(19)10-20-11-14/h8,10-12H,3-7,9H2,1-2H3,(H2,21,22,26,27). The van der Waals surface area contributed by atoms with Gasteiger partial charge in [0.25, 0.3) is 5.91 Å². The second-order valence-corrected chi connectivity index (χ2v) is 7.56. The fraction of sp³-hybridized carbons (Fsp3) is 0.556. The van der Waals surface area contributed by atoms with E-state index in [0.29, 0.717) is 44.0 Å². The Morgan fingerprint density at radius 3 is 2.56 bits per heavy atom. The number of halogens is 1. The number of aromatic nitrogens is 1. The Kier molecular flexibility index (Phi) is 5.55. The molecule has 8 nitrogen and oxygen atoms in total. The van der Waals surface area contributed by atoms with E-state index in [0.717, 1.165) is 5.69 Å². The van der Waals surface area contributed by atoms with E-state index >= 15 is 0 Å². The fourth-order valence-corrected chi connectivity index (χ4v) is 3.91. The Labute approximate surface area is 163 Å². The summed E-state index contributed by atoms with van der Waals surface area (Å²) >= 11 is 6.00. The van der Waals surface area contributed by atoms with Crippen LogP contribution in [0.1, 0.15) is 26.7 Å². The number of carbonyl (C=O) groups excluding carboxylic acids is 3. The van der Waals surface area contributed by atoms with Crippen molar-refractivity contribution in [2.24, 2.45) is 5.92 Å². The maximum absolute atomic E-state index is 12.9. The predicted molar refractivity (Wildman–Crippen MR) is 102 cm³/mol. The van der Waals surface area contributed by atoms with Crippen molar-refractivity contribution in [3.63, 3.8) is 0 Å². The Bertz CT molecular complexity index is 750. The van der Waals surface area contributed by atoms with Gasteiger partial charge < -0.3 is 15.1 Å². The zero-order valence-electron chi connectivity index (χ0n) is 15.5. The van der Waals surface area contributed by atoms with Crippen LogP contribution in [0, 0.1) is 5.92 Å². The van der Waals surface area contributed by atoms with Gasteiger partial charge in [-0.3, -0.25) is 19.9 Å². The van der Waals surface area contributed by atoms with Gasteiger partial charge in [0.2, 0.25) is 5.91 Å². The van der Waals surface area contributed by atoms with Gasteiger partial charge in [-0.25, -0.2) is 4.79 Å². The second-order valence-electron chi connectivity index (χ2n) is 7.12. The Balaban J connectivity index is 1.58. The highest BCUT2D eigenvalue weighted by Gasteiger charge is 2.46. The number of carbonyl (C=O) groups is 3. The van der Waals surface area contributed by atoms with E-state index in [9.17, 15) is 14.4 Å². The van der Waals surface area contributed by atoms with E-state index in [1.807, 2.05) is 24.8 Å². The molecule has 4 amide bonds. The Hall–Kier alpha value is -2.35. The van der Waals surface area contributed by atoms with Crippen LogP contribution >= 0.6 is 11.6 Å². The van der Waals surface area contributed by atoms with Crippen molar-refractivity contribution in [1.82, 2.24) is 20.5 Å². The number of urea groups is 1. The van der Waals surface area contributed by atoms with E-state index in [-0.39, 0.29) is 17.7 Å². The zero-order valence-corrected chi connectivity index (χ0v) is 16.3. The van der Waals surface area contributed by atoms with Gasteiger partial charge >= 0.3 is 6.03 Å². The summed E-state index contributed by atoms with van der Waals surface area (Å²) in [7, 11) is 0. The summed E-state index contributed by atoms with van der Waals surface area (Å²) < 4.78 is 0. The summed E-state index contributed by atoms with van der Waals surface area (Å²) in [5.41, 5.74) is -0.0570. The molecule has 0 aliphatic carbocycles. The van der Waals surface area contributed by atoms with E-state index in [4.69, 9.17) is 11.6 Å². The van der Waals surface area contributed by atoms with E-state index in [1.165, 1.54) is 0 Å². The topological polar surface area (TPSA) is 94.6 Å². The first kappa shape index (κ1) is 19.4. The molecule has 1 aromatic rings. The molecule has 0 spiro atoms. The van der Waals surface area contributed by atoms with Gasteiger partial charge in [0.05, 0.1) is 16.9 Å². The maximum atomic E-state index is 12.9. The largest absolute Gasteiger partial charge is 0.367 e. The third-order valence-electron chi connectivity index (χ3n) is 5.34. The average Bonchev–Trinajstić information content (AvgIpc) is 2.94. The Morgan fingerprint density at radius 1 is 1.30 bits per heavy atom. The lowest BCUT2D eigenvalue weighted by molar-refractivity contribution is -0.136. The van der Waals surface area contributed by atoms with Crippen LogP contribution in [0.15, 0.2) is 18.5 Å². The van der Waals surface area contributed by atoms with Crippen LogP contribution in [0.2, 0.25) is 5.02 Å². The van der Waals surface area contributed by atoms with Crippen LogP contribution in [-0.4, -0.2) is 59.4 Å². The maximum Gasteiger partial charge on any atom is 0.322 e. The molecule has 0 aromatic carbocycles. The van der Waals surface area contributed by atoms with Crippen LogP contribution in [0.5, 0.6) is 0 Å². The van der Waals surface area contributed by atoms with E-state index in [1.54, 1.807) is 12.4 Å². The van der Waals surface area contributed by atoms with Gasteiger partial charge in [-0.05, 0) is 18.9 Å². The first-order valence-electron chi connectivity index (χ1n) is 9.12. The van der Waals surface area contributed by atoms with Crippen LogP contribution in [-0.2, 0) is 9.59 Å². The molecule has 2 unspecified atom stereocenters. The number of hydrogen-bond donors (Lipinski definition) is 2. The number of rotatable bonds is 5. The highest BCUT2D eigenvalue weighted by molar-refractivity contribution is 6.30. The average molecular weight is 394 g/mol. The minimum absolute atomic E-state index is 0.000595. The molecule has 0 bridgehead atoms. The lowest BCUT2D eigenvalue weighted by Gasteiger charge is -2.38. The molecule has 2 fully saturated rings. The van der Waals surface area contributed by atoms with Crippen molar-refractivity contribution in [3.8, 4) is 0 Å². The summed E-state index contributed by atoms with van der Waals surface area (Å²) in [6.07, 6.45) is 4.09. The molecule has 9 heteroatoms. The van der Waals surface area contributed by atoms with Gasteiger partial charge in [0.1, 0.15) is 5.54 Å². The molecule has 2 saturated heterocycles. The molecule has 2 N–H and O–H groups in total. The third kappa shape index (κ3) is 4.00. The minimum Gasteiger partial charge on any atom is -0.367 e. The SMILES string of the molecule is CCC1(CC(C)C(=O)N2CCN(c3cncc(Cl)c3)CC2)NC(=O)NC1=O. The van der Waals surface area contributed by atoms with Crippen molar-refractivity contribution >= 4 is 35.1 Å². The normalized spacial score (nSPS) is 23.8. The number of nitrogens with one attached hydrogen (secondary N) is 2. The van der Waals surface area contributed by atoms with Crippen molar-refractivity contribution in [3.05, 3.63) is 23.5 Å². The monoisotopic (exact) mass is 393 g/mol. The molecule has 0 saturated carbocycles. The molecule has 146 valence electrons. The van der Waals surface area contributed by atoms with E-state index in [2.05, 4.69) is 20.5 Å². The number of pyridine rings is 1. The lowest BCUT2D eigenvalue weighted by atomic mass is 9.85. The predicted octanol–water partition coefficient (Wildman–Crippen LogP) is 1.40. The van der Waals surface area contributed by atoms with Crippen LogP contribution < -0.4 is 15.5 Å². The van der Waals surface area contributed by atoms with E-state index < -0.39 is 11.6 Å². The Morgan fingerprint density at radius 2 is 2.00 bits per heavy atom. The first-order valence-corrected chi connectivity index (χ1v) is 9.50. The minimum atomic E-state index is -1.000. The third-order valence-corrected chi connectivity index (χ3v) is 5.55. The molecule has 2 atom stereocenters. The molecule has 2 aliphatic heterocycles. The summed E-state index contributed by atoms with van der Waals surface area (Å²) in [5.74, 6) is -0.720. The molecule has 27 heavy (non-hydrogen) atoms. The molecule has 0 radical (unpaired) electrons. The number of hydrogen-bond acceptors (Lipinski definition) is 5. The smallest absolute Gasteiger partial charge is 0.322 e. The number of imide groups is 1. The summed E-state index contributed by atoms with van der Waals surface area (Å²) in [5, 5.41) is 5.55. The van der Waals surface area contributed by atoms with Crippen molar-refractivity contribution < 1.29 is 14.4 Å². The highest BCUT2D eigenvalue weighted by Crippen LogP contribution is 2.26. The molecule has 2 aliphatic rings. The molecule has 3 rings (SSSR count). The van der Waals surface area contributed by atoms with Crippen molar-refractivity contribution in [2.75, 3.05) is 31.1 Å². The number of nitrogens with zero attached hydrogens (tertiary/aromatic N) is 3. The zero-order chi connectivity index (χ0) is 19.6. The summed E-state index contributed by atoms with van der Waals surface area (Å²) in [6.45, 7) is 6.21. The van der Waals surface area contributed by atoms with Gasteiger partial charge in [-0.2, -0.15) is 0 Å². The van der Waals surface area contributed by atoms with Crippen LogP contribution in [0.3, 0.4) is 0 Å². The number of amides is 4. The molecular weight excluding hydrogens is 370 g/mol. The summed E-state index contributed by atoms with van der Waals surface area (Å²) in [4.78, 5) is 44.6. The van der Waals surface area contributed by atoms with Gasteiger partial charge in [0.15, 0.2) is 0 Å². The van der Waals surface area contributed by atoms with Crippen molar-refractivity contribution in [1.29, 1.82) is 0 Å². The van der Waals surface area contributed by atoms with Gasteiger partial charge in [-0.1, -0.05) is 25.4 Å². The first-order chi connectivity index (χ1) is 12.8. The van der Waals surface area contributed by atoms with Gasteiger partial charge in [0, 0.05) is 38.3 Å². The van der Waals surface area contributed by atoms with Crippen LogP contribution in [0.4, 0.5) is 10.5 Å². The fourth-order valence-electron chi connectivity index (χ4n) is 3.75. The molecular formula is C18H24ClN5O3. The molecule has 3 heterocycles.